The molecule has 1 aliphatic rings. The van der Waals surface area contributed by atoms with Gasteiger partial charge in [0.25, 0.3) is 0 Å². The van der Waals surface area contributed by atoms with Gasteiger partial charge in [0.1, 0.15) is 13.2 Å². The largest absolute Gasteiger partial charge is 0.486 e. The molecule has 0 saturated carbocycles. The van der Waals surface area contributed by atoms with Crippen molar-refractivity contribution in [3.05, 3.63) is 48.0 Å². The number of benzene rings is 2. The van der Waals surface area contributed by atoms with Crippen LogP contribution in [0.3, 0.4) is 0 Å². The average Bonchev–Trinajstić information content (AvgIpc) is 2.66. The molecule has 0 aromatic heterocycles. The van der Waals surface area contributed by atoms with Gasteiger partial charge in [-0.25, -0.2) is 8.42 Å². The van der Waals surface area contributed by atoms with Crippen LogP contribution < -0.4 is 14.8 Å². The van der Waals surface area contributed by atoms with E-state index in [1.165, 1.54) is 12.1 Å². The Labute approximate surface area is 165 Å². The summed E-state index contributed by atoms with van der Waals surface area (Å²) >= 11 is 0. The second kappa shape index (κ2) is 7.83. The lowest BCUT2D eigenvalue weighted by Gasteiger charge is -2.19. The summed E-state index contributed by atoms with van der Waals surface area (Å²) in [4.78, 5) is 12.3. The van der Waals surface area contributed by atoms with Gasteiger partial charge >= 0.3 is 0 Å². The van der Waals surface area contributed by atoms with Crippen LogP contribution in [0, 0.1) is 0 Å². The van der Waals surface area contributed by atoms with Crippen molar-refractivity contribution in [2.45, 2.75) is 37.5 Å². The molecular weight excluding hydrogens is 378 g/mol. The quantitative estimate of drug-likeness (QED) is 0.826. The lowest BCUT2D eigenvalue weighted by molar-refractivity contribution is -0.115. The van der Waals surface area contributed by atoms with Crippen LogP contribution in [0.5, 0.6) is 11.5 Å². The summed E-state index contributed by atoms with van der Waals surface area (Å²) in [7, 11) is -3.60. The smallest absolute Gasteiger partial charge is 0.225 e. The third kappa shape index (κ3) is 4.84. The highest BCUT2D eigenvalue weighted by atomic mass is 32.2. The normalized spacial score (nSPS) is 13.8. The zero-order chi connectivity index (χ0) is 20.4. The molecule has 0 fully saturated rings. The maximum atomic E-state index is 12.6. The molecular formula is C21H25NO5S. The van der Waals surface area contributed by atoms with Gasteiger partial charge in [-0.05, 0) is 35.2 Å². The van der Waals surface area contributed by atoms with Gasteiger partial charge in [0.2, 0.25) is 5.91 Å². The summed E-state index contributed by atoms with van der Waals surface area (Å²) in [5, 5.41) is 2.75. The molecule has 0 spiro atoms. The fraction of sp³-hybridized carbons (Fsp3) is 0.381. The summed E-state index contributed by atoms with van der Waals surface area (Å²) in [5.41, 5.74) is 1.83. The molecule has 0 saturated heterocycles. The molecule has 150 valence electrons. The van der Waals surface area contributed by atoms with Crippen molar-refractivity contribution in [2.75, 3.05) is 24.3 Å². The lowest BCUT2D eigenvalue weighted by Crippen LogP contribution is -2.19. The van der Waals surface area contributed by atoms with Crippen LogP contribution in [-0.2, 0) is 20.0 Å². The number of nitrogens with one attached hydrogen (secondary N) is 1. The Morgan fingerprint density at radius 2 is 1.64 bits per heavy atom. The third-order valence-corrected chi connectivity index (χ3v) is 6.22. The van der Waals surface area contributed by atoms with Crippen molar-refractivity contribution in [1.29, 1.82) is 0 Å². The molecule has 1 N–H and O–H groups in total. The number of sulfone groups is 1. The maximum Gasteiger partial charge on any atom is 0.225 e. The van der Waals surface area contributed by atoms with E-state index in [1.54, 1.807) is 6.07 Å². The molecule has 3 rings (SSSR count). The molecule has 7 heteroatoms. The Bertz CT molecular complexity index is 959. The molecule has 1 heterocycles. The first-order valence-corrected chi connectivity index (χ1v) is 10.8. The van der Waals surface area contributed by atoms with Gasteiger partial charge < -0.3 is 14.8 Å². The van der Waals surface area contributed by atoms with Gasteiger partial charge in [-0.15, -0.1) is 0 Å². The van der Waals surface area contributed by atoms with Crippen LogP contribution in [0.15, 0.2) is 47.4 Å². The zero-order valence-electron chi connectivity index (χ0n) is 16.3. The molecule has 0 atom stereocenters. The number of rotatable bonds is 5. The van der Waals surface area contributed by atoms with Crippen LogP contribution in [0.4, 0.5) is 5.69 Å². The van der Waals surface area contributed by atoms with Gasteiger partial charge in [0.15, 0.2) is 21.3 Å². The Balaban J connectivity index is 1.60. The minimum absolute atomic E-state index is 0.0280. The van der Waals surface area contributed by atoms with Gasteiger partial charge in [-0.3, -0.25) is 4.79 Å². The predicted molar refractivity (Wildman–Crippen MR) is 108 cm³/mol. The molecule has 28 heavy (non-hydrogen) atoms. The number of fused-ring (bicyclic) bond motifs is 1. The van der Waals surface area contributed by atoms with Crippen molar-refractivity contribution in [3.63, 3.8) is 0 Å². The summed E-state index contributed by atoms with van der Waals surface area (Å²) in [5.74, 6) is 0.320. The highest BCUT2D eigenvalue weighted by molar-refractivity contribution is 7.91. The van der Waals surface area contributed by atoms with E-state index in [0.29, 0.717) is 30.4 Å². The predicted octanol–water partition coefficient (Wildman–Crippen LogP) is 3.56. The first-order valence-electron chi connectivity index (χ1n) is 9.18. The molecule has 1 amide bonds. The number of ether oxygens (including phenoxy) is 2. The Kier molecular flexibility index (Phi) is 5.65. The van der Waals surface area contributed by atoms with Crippen molar-refractivity contribution in [3.8, 4) is 11.5 Å². The minimum atomic E-state index is -3.60. The third-order valence-electron chi connectivity index (χ3n) is 4.51. The SMILES string of the molecule is CC(C)(C)c1ccc(NC(=O)CCS(=O)(=O)c2ccc3c(c2)OCCO3)cc1. The standard InChI is InChI=1S/C21H25NO5S/c1-21(2,3)15-4-6-16(7-5-15)22-20(23)10-13-28(24,25)17-8-9-18-19(14-17)27-12-11-26-18/h4-9,14H,10-13H2,1-3H3,(H,22,23). The summed E-state index contributed by atoms with van der Waals surface area (Å²) < 4.78 is 35.9. The number of carbonyl (C=O) groups excluding carboxylic acids is 1. The molecule has 0 bridgehead atoms. The lowest BCUT2D eigenvalue weighted by atomic mass is 9.87. The van der Waals surface area contributed by atoms with E-state index in [-0.39, 0.29) is 28.4 Å². The highest BCUT2D eigenvalue weighted by Crippen LogP contribution is 2.32. The fourth-order valence-electron chi connectivity index (χ4n) is 2.84. The van der Waals surface area contributed by atoms with E-state index in [2.05, 4.69) is 26.1 Å². The van der Waals surface area contributed by atoms with Crippen LogP contribution >= 0.6 is 0 Å². The van der Waals surface area contributed by atoms with Crippen molar-refractivity contribution in [1.82, 2.24) is 0 Å². The molecule has 6 nitrogen and oxygen atoms in total. The minimum Gasteiger partial charge on any atom is -0.486 e. The number of hydrogen-bond acceptors (Lipinski definition) is 5. The van der Waals surface area contributed by atoms with Crippen LogP contribution in [0.25, 0.3) is 0 Å². The van der Waals surface area contributed by atoms with Gasteiger partial charge in [0, 0.05) is 18.2 Å². The van der Waals surface area contributed by atoms with Gasteiger partial charge in [-0.1, -0.05) is 32.9 Å². The van der Waals surface area contributed by atoms with Crippen molar-refractivity contribution >= 4 is 21.4 Å². The fourth-order valence-corrected chi connectivity index (χ4v) is 4.09. The van der Waals surface area contributed by atoms with Crippen LogP contribution in [0.2, 0.25) is 0 Å². The van der Waals surface area contributed by atoms with E-state index in [4.69, 9.17) is 9.47 Å². The highest BCUT2D eigenvalue weighted by Gasteiger charge is 2.21. The molecule has 0 aliphatic carbocycles. The zero-order valence-corrected chi connectivity index (χ0v) is 17.1. The second-order valence-corrected chi connectivity index (χ2v) is 9.86. The number of hydrogen-bond donors (Lipinski definition) is 1. The molecule has 2 aromatic rings. The van der Waals surface area contributed by atoms with Crippen LogP contribution in [-0.4, -0.2) is 33.3 Å². The van der Waals surface area contributed by atoms with Crippen molar-refractivity contribution in [2.24, 2.45) is 0 Å². The van der Waals surface area contributed by atoms with E-state index < -0.39 is 9.84 Å². The Morgan fingerprint density at radius 3 is 2.29 bits per heavy atom. The number of carbonyl (C=O) groups is 1. The maximum absolute atomic E-state index is 12.6. The van der Waals surface area contributed by atoms with Gasteiger partial charge in [0.05, 0.1) is 10.6 Å². The van der Waals surface area contributed by atoms with E-state index in [1.807, 2.05) is 24.3 Å². The summed E-state index contributed by atoms with van der Waals surface area (Å²) in [6.45, 7) is 7.17. The first kappa shape index (κ1) is 20.2. The average molecular weight is 404 g/mol. The molecule has 2 aromatic carbocycles. The summed E-state index contributed by atoms with van der Waals surface area (Å²) in [6.07, 6.45) is -0.127. The number of amides is 1. The van der Waals surface area contributed by atoms with E-state index in [9.17, 15) is 13.2 Å². The van der Waals surface area contributed by atoms with E-state index >= 15 is 0 Å². The Hall–Kier alpha value is -2.54. The second-order valence-electron chi connectivity index (χ2n) is 7.75. The summed E-state index contributed by atoms with van der Waals surface area (Å²) in [6, 6.07) is 12.1. The topological polar surface area (TPSA) is 81.7 Å². The van der Waals surface area contributed by atoms with Crippen molar-refractivity contribution < 1.29 is 22.7 Å². The van der Waals surface area contributed by atoms with E-state index in [0.717, 1.165) is 5.56 Å². The molecule has 0 radical (unpaired) electrons. The Morgan fingerprint density at radius 1 is 1.00 bits per heavy atom. The molecule has 0 unspecified atom stereocenters. The number of anilines is 1. The monoisotopic (exact) mass is 403 g/mol. The van der Waals surface area contributed by atoms with Crippen LogP contribution in [0.1, 0.15) is 32.8 Å². The first-order chi connectivity index (χ1) is 13.1. The van der Waals surface area contributed by atoms with Gasteiger partial charge in [-0.2, -0.15) is 0 Å². The molecule has 1 aliphatic heterocycles.